The molecule has 7 nitrogen and oxygen atoms in total. The summed E-state index contributed by atoms with van der Waals surface area (Å²) in [5.41, 5.74) is 6.47. The van der Waals surface area contributed by atoms with Crippen LogP contribution in [0.25, 0.3) is 0 Å². The van der Waals surface area contributed by atoms with E-state index in [0.29, 0.717) is 31.9 Å². The third-order valence-corrected chi connectivity index (χ3v) is 7.04. The van der Waals surface area contributed by atoms with Gasteiger partial charge in [-0.15, -0.1) is 12.4 Å². The summed E-state index contributed by atoms with van der Waals surface area (Å²) in [6.07, 6.45) is 0.995. The van der Waals surface area contributed by atoms with E-state index in [4.69, 9.17) is 5.73 Å². The van der Waals surface area contributed by atoms with Gasteiger partial charge in [-0.1, -0.05) is 20.8 Å². The number of nitrogens with two attached hydrogens (primary N) is 1. The van der Waals surface area contributed by atoms with Gasteiger partial charge in [0.15, 0.2) is 0 Å². The molecule has 1 heterocycles. The van der Waals surface area contributed by atoms with Gasteiger partial charge < -0.3 is 11.1 Å². The van der Waals surface area contributed by atoms with Crippen LogP contribution in [0.15, 0.2) is 29.2 Å². The Kier molecular flexibility index (Phi) is 8.69. The van der Waals surface area contributed by atoms with Crippen LogP contribution in [-0.4, -0.2) is 62.8 Å². The zero-order valence-electron chi connectivity index (χ0n) is 16.3. The van der Waals surface area contributed by atoms with E-state index in [1.807, 2.05) is 13.8 Å². The van der Waals surface area contributed by atoms with Gasteiger partial charge >= 0.3 is 0 Å². The maximum atomic E-state index is 12.5. The number of halogens is 1. The van der Waals surface area contributed by atoms with Crippen LogP contribution < -0.4 is 11.1 Å². The number of sulfonamides is 1. The van der Waals surface area contributed by atoms with Crippen LogP contribution >= 0.6 is 12.4 Å². The number of hydrogen-bond acceptors (Lipinski definition) is 5. The third kappa shape index (κ3) is 5.89. The molecule has 154 valence electrons. The highest BCUT2D eigenvalue weighted by molar-refractivity contribution is 7.89. The summed E-state index contributed by atoms with van der Waals surface area (Å²) in [7, 11) is -3.48. The van der Waals surface area contributed by atoms with Crippen molar-refractivity contribution in [3.63, 3.8) is 0 Å². The van der Waals surface area contributed by atoms with Crippen molar-refractivity contribution in [3.8, 4) is 0 Å². The lowest BCUT2D eigenvalue weighted by atomic mass is 9.90. The van der Waals surface area contributed by atoms with Crippen molar-refractivity contribution < 1.29 is 13.2 Å². The lowest BCUT2D eigenvalue weighted by Crippen LogP contribution is -2.35. The quantitative estimate of drug-likeness (QED) is 0.670. The predicted octanol–water partition coefficient (Wildman–Crippen LogP) is 1.75. The molecule has 1 aliphatic rings. The molecule has 1 fully saturated rings. The predicted molar refractivity (Wildman–Crippen MR) is 111 cm³/mol. The van der Waals surface area contributed by atoms with Gasteiger partial charge in [0.2, 0.25) is 15.9 Å². The second-order valence-corrected chi connectivity index (χ2v) is 9.08. The molecule has 1 aliphatic heterocycles. The van der Waals surface area contributed by atoms with Crippen molar-refractivity contribution in [3.05, 3.63) is 24.3 Å². The number of rotatable bonds is 8. The maximum Gasteiger partial charge on any atom is 0.243 e. The molecule has 1 amide bonds. The number of carbonyl (C=O) groups excluding carboxylic acids is 1. The van der Waals surface area contributed by atoms with Crippen molar-refractivity contribution in [2.24, 2.45) is 11.1 Å². The summed E-state index contributed by atoms with van der Waals surface area (Å²) < 4.78 is 26.3. The van der Waals surface area contributed by atoms with E-state index in [1.54, 1.807) is 12.1 Å². The van der Waals surface area contributed by atoms with Gasteiger partial charge in [0.25, 0.3) is 0 Å². The lowest BCUT2D eigenvalue weighted by molar-refractivity contribution is -0.117. The second kappa shape index (κ2) is 9.84. The molecule has 1 unspecified atom stereocenters. The van der Waals surface area contributed by atoms with Gasteiger partial charge in [-0.3, -0.25) is 9.69 Å². The molecule has 0 spiro atoms. The van der Waals surface area contributed by atoms with Crippen LogP contribution in [0, 0.1) is 5.41 Å². The molecule has 0 radical (unpaired) electrons. The first-order valence-electron chi connectivity index (χ1n) is 9.06. The Morgan fingerprint density at radius 1 is 1.26 bits per heavy atom. The van der Waals surface area contributed by atoms with Crippen molar-refractivity contribution in [1.82, 2.24) is 9.21 Å². The Hall–Kier alpha value is -1.19. The lowest BCUT2D eigenvalue weighted by Gasteiger charge is -2.22. The van der Waals surface area contributed by atoms with E-state index in [2.05, 4.69) is 17.1 Å². The fourth-order valence-corrected chi connectivity index (χ4v) is 4.71. The Balaban J connectivity index is 0.00000364. The smallest absolute Gasteiger partial charge is 0.243 e. The van der Waals surface area contributed by atoms with E-state index in [0.717, 1.165) is 19.5 Å². The van der Waals surface area contributed by atoms with Crippen LogP contribution in [0.3, 0.4) is 0 Å². The van der Waals surface area contributed by atoms with E-state index >= 15 is 0 Å². The average Bonchev–Trinajstić information content (AvgIpc) is 2.97. The van der Waals surface area contributed by atoms with Gasteiger partial charge in [0, 0.05) is 25.3 Å². The number of carbonyl (C=O) groups is 1. The number of benzene rings is 1. The molecule has 3 N–H and O–H groups in total. The minimum absolute atomic E-state index is 0. The molecule has 1 saturated heterocycles. The highest BCUT2D eigenvalue weighted by atomic mass is 35.5. The molecule has 2 rings (SSSR count). The summed E-state index contributed by atoms with van der Waals surface area (Å²) in [5.74, 6) is -0.106. The molecule has 0 bridgehead atoms. The van der Waals surface area contributed by atoms with Gasteiger partial charge in [-0.05, 0) is 49.2 Å². The van der Waals surface area contributed by atoms with Crippen LogP contribution in [0.5, 0.6) is 0 Å². The average molecular weight is 419 g/mol. The van der Waals surface area contributed by atoms with Crippen molar-refractivity contribution in [2.45, 2.75) is 32.1 Å². The number of likely N-dealkylation sites (tertiary alicyclic amines) is 1. The number of nitrogens with zero attached hydrogens (tertiary/aromatic N) is 2. The SMILES string of the molecule is CCN(CC)S(=O)(=O)c1ccc(NC(=O)CN2CCC(C)(CN)C2)cc1.Cl. The normalized spacial score (nSPS) is 20.5. The molecule has 1 aromatic carbocycles. The summed E-state index contributed by atoms with van der Waals surface area (Å²) in [5, 5.41) is 2.83. The second-order valence-electron chi connectivity index (χ2n) is 7.14. The first kappa shape index (κ1) is 23.8. The van der Waals surface area contributed by atoms with Gasteiger partial charge in [0.1, 0.15) is 0 Å². The number of nitrogens with one attached hydrogen (secondary N) is 1. The van der Waals surface area contributed by atoms with Crippen LogP contribution in [0.1, 0.15) is 27.2 Å². The van der Waals surface area contributed by atoms with Gasteiger partial charge in [0.05, 0.1) is 11.4 Å². The van der Waals surface area contributed by atoms with Crippen molar-refractivity contribution >= 4 is 34.0 Å². The van der Waals surface area contributed by atoms with Crippen LogP contribution in [-0.2, 0) is 14.8 Å². The molecule has 0 aliphatic carbocycles. The summed E-state index contributed by atoms with van der Waals surface area (Å²) in [6.45, 7) is 9.22. The topological polar surface area (TPSA) is 95.7 Å². The number of hydrogen-bond donors (Lipinski definition) is 2. The highest BCUT2D eigenvalue weighted by Crippen LogP contribution is 2.28. The monoisotopic (exact) mass is 418 g/mol. The Bertz CT molecular complexity index is 723. The molecule has 9 heteroatoms. The first-order chi connectivity index (χ1) is 12.2. The van der Waals surface area contributed by atoms with Gasteiger partial charge in [-0.2, -0.15) is 4.31 Å². The maximum absolute atomic E-state index is 12.5. The fraction of sp³-hybridized carbons (Fsp3) is 0.611. The van der Waals surface area contributed by atoms with E-state index in [-0.39, 0.29) is 28.6 Å². The fourth-order valence-electron chi connectivity index (χ4n) is 3.25. The summed E-state index contributed by atoms with van der Waals surface area (Å²) >= 11 is 0. The molecular weight excluding hydrogens is 388 g/mol. The van der Waals surface area contributed by atoms with E-state index in [9.17, 15) is 13.2 Å². The molecule has 1 aromatic rings. The number of amides is 1. The summed E-state index contributed by atoms with van der Waals surface area (Å²) in [4.78, 5) is 14.6. The van der Waals surface area contributed by atoms with Gasteiger partial charge in [-0.25, -0.2) is 8.42 Å². The zero-order valence-corrected chi connectivity index (χ0v) is 17.9. The molecular formula is C18H31ClN4O3S. The van der Waals surface area contributed by atoms with E-state index in [1.165, 1.54) is 16.4 Å². The van der Waals surface area contributed by atoms with Crippen molar-refractivity contribution in [1.29, 1.82) is 0 Å². The molecule has 0 aromatic heterocycles. The Morgan fingerprint density at radius 3 is 2.33 bits per heavy atom. The molecule has 27 heavy (non-hydrogen) atoms. The molecule has 0 saturated carbocycles. The number of anilines is 1. The Morgan fingerprint density at radius 2 is 1.85 bits per heavy atom. The van der Waals surface area contributed by atoms with Crippen LogP contribution in [0.2, 0.25) is 0 Å². The minimum Gasteiger partial charge on any atom is -0.330 e. The van der Waals surface area contributed by atoms with Crippen LogP contribution in [0.4, 0.5) is 5.69 Å². The third-order valence-electron chi connectivity index (χ3n) is 4.98. The highest BCUT2D eigenvalue weighted by Gasteiger charge is 2.33. The first-order valence-corrected chi connectivity index (χ1v) is 10.5. The van der Waals surface area contributed by atoms with Crippen molar-refractivity contribution in [2.75, 3.05) is 44.6 Å². The Labute approximate surface area is 168 Å². The largest absolute Gasteiger partial charge is 0.330 e. The zero-order chi connectivity index (χ0) is 19.4. The minimum atomic E-state index is -3.48. The van der Waals surface area contributed by atoms with E-state index < -0.39 is 10.0 Å². The standard InChI is InChI=1S/C18H30N4O3S.ClH/c1-4-22(5-2)26(24,25)16-8-6-15(7-9-16)20-17(23)12-21-11-10-18(3,13-19)14-21;/h6-9H,4-5,10-14,19H2,1-3H3,(H,20,23);1H. The molecule has 1 atom stereocenters. The summed E-state index contributed by atoms with van der Waals surface area (Å²) in [6, 6.07) is 6.32.